The number of amides is 1. The largest absolute Gasteiger partial charge is 0.387 e. The second-order valence-corrected chi connectivity index (χ2v) is 3.55. The van der Waals surface area contributed by atoms with Crippen LogP contribution in [0, 0.1) is 0 Å². The van der Waals surface area contributed by atoms with Gasteiger partial charge in [-0.25, -0.2) is 0 Å². The van der Waals surface area contributed by atoms with Crippen LogP contribution in [0.15, 0.2) is 24.6 Å². The highest BCUT2D eigenvalue weighted by Crippen LogP contribution is 2.25. The molecular weight excluding hydrogens is 224 g/mol. The number of rotatable bonds is 4. The van der Waals surface area contributed by atoms with Crippen molar-refractivity contribution in [2.75, 3.05) is 7.05 Å². The molecule has 0 aliphatic heterocycles. The van der Waals surface area contributed by atoms with E-state index in [-0.39, 0.29) is 5.91 Å². The summed E-state index contributed by atoms with van der Waals surface area (Å²) in [5, 5.41) is 2.99. The Morgan fingerprint density at radius 3 is 2.00 bits per heavy atom. The van der Waals surface area contributed by atoms with Crippen molar-refractivity contribution in [3.8, 4) is 0 Å². The molecule has 0 atom stereocenters. The van der Waals surface area contributed by atoms with Crippen LogP contribution >= 0.6 is 0 Å². The Hall–Kier alpha value is -1.25. The lowest BCUT2D eigenvalue weighted by Crippen LogP contribution is -2.40. The SMILES string of the molecule is C=C/C(=C\N(C(C)=O)C1CCC1)NC.CC.CC. The first-order valence-electron chi connectivity index (χ1n) is 7.00. The summed E-state index contributed by atoms with van der Waals surface area (Å²) in [4.78, 5) is 13.2. The molecule has 0 aromatic carbocycles. The molecule has 106 valence electrons. The molecule has 1 aliphatic rings. The molecular formula is C15H30N2O. The van der Waals surface area contributed by atoms with Crippen LogP contribution in [0.3, 0.4) is 0 Å². The third-order valence-corrected chi connectivity index (χ3v) is 2.62. The molecule has 1 rings (SSSR count). The maximum absolute atomic E-state index is 11.4. The van der Waals surface area contributed by atoms with E-state index in [1.165, 1.54) is 6.42 Å². The zero-order valence-electron chi connectivity index (χ0n) is 12.9. The fraction of sp³-hybridized carbons (Fsp3) is 0.667. The molecule has 1 fully saturated rings. The Balaban J connectivity index is 0. The van der Waals surface area contributed by atoms with Crippen LogP contribution in [0.5, 0.6) is 0 Å². The van der Waals surface area contributed by atoms with E-state index in [2.05, 4.69) is 11.9 Å². The lowest BCUT2D eigenvalue weighted by atomic mass is 9.91. The Morgan fingerprint density at radius 2 is 1.78 bits per heavy atom. The van der Waals surface area contributed by atoms with Crippen LogP contribution in [0.4, 0.5) is 0 Å². The predicted octanol–water partition coefficient (Wildman–Crippen LogP) is 3.69. The number of carbonyl (C=O) groups excluding carboxylic acids is 1. The number of nitrogens with zero attached hydrogens (tertiary/aromatic N) is 1. The molecule has 18 heavy (non-hydrogen) atoms. The van der Waals surface area contributed by atoms with Gasteiger partial charge in [-0.3, -0.25) is 4.79 Å². The number of nitrogens with one attached hydrogen (secondary N) is 1. The van der Waals surface area contributed by atoms with E-state index in [1.54, 1.807) is 17.9 Å². The Morgan fingerprint density at radius 1 is 1.28 bits per heavy atom. The fourth-order valence-corrected chi connectivity index (χ4v) is 1.49. The molecule has 1 N–H and O–H groups in total. The van der Waals surface area contributed by atoms with Gasteiger partial charge in [0.25, 0.3) is 0 Å². The standard InChI is InChI=1S/C11H18N2O.2C2H6/c1-4-10(12-3)8-13(9(2)14)11-6-5-7-11;2*1-2/h4,8,11-12H,1,5-7H2,2-3H3;2*1-2H3/b10-8+;;. The molecule has 0 spiro atoms. The van der Waals surface area contributed by atoms with Gasteiger partial charge in [0, 0.05) is 31.9 Å². The average Bonchev–Trinajstić information content (AvgIpc) is 2.36. The van der Waals surface area contributed by atoms with Gasteiger partial charge < -0.3 is 10.2 Å². The molecule has 0 radical (unpaired) electrons. The fourth-order valence-electron chi connectivity index (χ4n) is 1.49. The van der Waals surface area contributed by atoms with Gasteiger partial charge in [-0.15, -0.1) is 0 Å². The molecule has 1 saturated carbocycles. The van der Waals surface area contributed by atoms with Crippen LogP contribution in [0.25, 0.3) is 0 Å². The summed E-state index contributed by atoms with van der Waals surface area (Å²) in [6, 6.07) is 0.399. The molecule has 0 heterocycles. The van der Waals surface area contributed by atoms with Crippen LogP contribution in [-0.4, -0.2) is 23.9 Å². The lowest BCUT2D eigenvalue weighted by molar-refractivity contribution is -0.129. The van der Waals surface area contributed by atoms with Crippen LogP contribution < -0.4 is 5.32 Å². The summed E-state index contributed by atoms with van der Waals surface area (Å²) in [6.45, 7) is 13.3. The van der Waals surface area contributed by atoms with Gasteiger partial charge in [-0.2, -0.15) is 0 Å². The highest BCUT2D eigenvalue weighted by molar-refractivity contribution is 5.75. The smallest absolute Gasteiger partial charge is 0.223 e. The summed E-state index contributed by atoms with van der Waals surface area (Å²) in [6.07, 6.45) is 7.02. The van der Waals surface area contributed by atoms with Crippen LogP contribution in [-0.2, 0) is 4.79 Å². The third kappa shape index (κ3) is 6.48. The lowest BCUT2D eigenvalue weighted by Gasteiger charge is -2.35. The molecule has 3 nitrogen and oxygen atoms in total. The van der Waals surface area contributed by atoms with E-state index < -0.39 is 0 Å². The van der Waals surface area contributed by atoms with Gasteiger partial charge in [-0.05, 0) is 25.3 Å². The number of hydrogen-bond donors (Lipinski definition) is 1. The first-order valence-corrected chi connectivity index (χ1v) is 7.00. The Bertz CT molecular complexity index is 255. The van der Waals surface area contributed by atoms with Gasteiger partial charge in [-0.1, -0.05) is 34.3 Å². The number of likely N-dealkylation sites (N-methyl/N-ethyl adjacent to an activating group) is 1. The van der Waals surface area contributed by atoms with Crippen molar-refractivity contribution in [2.45, 2.75) is 59.9 Å². The molecule has 0 unspecified atom stereocenters. The maximum Gasteiger partial charge on any atom is 0.223 e. The zero-order valence-corrected chi connectivity index (χ0v) is 12.9. The third-order valence-electron chi connectivity index (χ3n) is 2.62. The predicted molar refractivity (Wildman–Crippen MR) is 80.2 cm³/mol. The van der Waals surface area contributed by atoms with Crippen molar-refractivity contribution < 1.29 is 4.79 Å². The van der Waals surface area contributed by atoms with Crippen LogP contribution in [0.2, 0.25) is 0 Å². The zero-order chi connectivity index (χ0) is 14.6. The highest BCUT2D eigenvalue weighted by Gasteiger charge is 2.25. The minimum atomic E-state index is 0.101. The Kier molecular flexibility index (Phi) is 13.0. The average molecular weight is 254 g/mol. The number of allylic oxidation sites excluding steroid dienone is 1. The van der Waals surface area contributed by atoms with E-state index in [0.29, 0.717) is 6.04 Å². The summed E-state index contributed by atoms with van der Waals surface area (Å²) < 4.78 is 0. The van der Waals surface area contributed by atoms with Crippen molar-refractivity contribution in [3.05, 3.63) is 24.6 Å². The van der Waals surface area contributed by atoms with Gasteiger partial charge in [0.05, 0.1) is 0 Å². The van der Waals surface area contributed by atoms with Crippen LogP contribution in [0.1, 0.15) is 53.9 Å². The van der Waals surface area contributed by atoms with E-state index in [1.807, 2.05) is 40.9 Å². The van der Waals surface area contributed by atoms with Gasteiger partial charge in [0.15, 0.2) is 0 Å². The van der Waals surface area contributed by atoms with Crippen molar-refractivity contribution in [1.29, 1.82) is 0 Å². The van der Waals surface area contributed by atoms with Crippen molar-refractivity contribution in [1.82, 2.24) is 10.2 Å². The van der Waals surface area contributed by atoms with Crippen molar-refractivity contribution in [3.63, 3.8) is 0 Å². The normalized spacial score (nSPS) is 14.0. The molecule has 0 bridgehead atoms. The van der Waals surface area contributed by atoms with Gasteiger partial charge in [0.2, 0.25) is 5.91 Å². The van der Waals surface area contributed by atoms with E-state index in [4.69, 9.17) is 0 Å². The van der Waals surface area contributed by atoms with E-state index in [9.17, 15) is 4.79 Å². The molecule has 3 heteroatoms. The maximum atomic E-state index is 11.4. The summed E-state index contributed by atoms with van der Waals surface area (Å²) in [5.74, 6) is 0.101. The molecule has 1 aliphatic carbocycles. The molecule has 0 aromatic heterocycles. The number of carbonyl (C=O) groups is 1. The minimum Gasteiger partial charge on any atom is -0.387 e. The first kappa shape index (κ1) is 19.1. The second kappa shape index (κ2) is 12.2. The summed E-state index contributed by atoms with van der Waals surface area (Å²) >= 11 is 0. The summed E-state index contributed by atoms with van der Waals surface area (Å²) in [7, 11) is 1.83. The topological polar surface area (TPSA) is 32.3 Å². The monoisotopic (exact) mass is 254 g/mol. The first-order chi connectivity index (χ1) is 8.69. The van der Waals surface area contributed by atoms with E-state index in [0.717, 1.165) is 18.5 Å². The summed E-state index contributed by atoms with van der Waals surface area (Å²) in [5.41, 5.74) is 0.882. The molecule has 0 aromatic rings. The Labute approximate surface area is 113 Å². The van der Waals surface area contributed by atoms with Crippen molar-refractivity contribution >= 4 is 5.91 Å². The minimum absolute atomic E-state index is 0.101. The van der Waals surface area contributed by atoms with Crippen molar-refractivity contribution in [2.24, 2.45) is 0 Å². The molecule has 1 amide bonds. The molecule has 0 saturated heterocycles. The van der Waals surface area contributed by atoms with Gasteiger partial charge in [0.1, 0.15) is 0 Å². The quantitative estimate of drug-likeness (QED) is 0.776. The number of hydrogen-bond acceptors (Lipinski definition) is 2. The highest BCUT2D eigenvalue weighted by atomic mass is 16.2. The second-order valence-electron chi connectivity index (χ2n) is 3.55. The van der Waals surface area contributed by atoms with E-state index >= 15 is 0 Å². The van der Waals surface area contributed by atoms with Gasteiger partial charge >= 0.3 is 0 Å².